The molecule has 0 spiro atoms. The molecule has 0 amide bonds. The molecule has 0 saturated carbocycles. The summed E-state index contributed by atoms with van der Waals surface area (Å²) in [7, 11) is 1.56. The van der Waals surface area contributed by atoms with Gasteiger partial charge in [0.05, 0.1) is 7.11 Å². The topological polar surface area (TPSA) is 77.2 Å². The number of nitrogens with two attached hydrogens (primary N) is 1. The summed E-state index contributed by atoms with van der Waals surface area (Å²) in [6.45, 7) is 2.02. The number of carbonyl (C=O) groups is 1. The number of hydrogen-bond acceptors (Lipinski definition) is 6. The van der Waals surface area contributed by atoms with E-state index in [4.69, 9.17) is 10.5 Å². The Bertz CT molecular complexity index is 872. The van der Waals surface area contributed by atoms with Crippen molar-refractivity contribution < 1.29 is 9.53 Å². The summed E-state index contributed by atoms with van der Waals surface area (Å²) in [5, 5.41) is 3.76. The first kappa shape index (κ1) is 16.0. The van der Waals surface area contributed by atoms with E-state index in [0.717, 1.165) is 5.69 Å². The Hall–Kier alpha value is -2.86. The molecule has 0 aliphatic rings. The van der Waals surface area contributed by atoms with E-state index >= 15 is 0 Å². The first-order valence-electron chi connectivity index (χ1n) is 7.35. The number of methoxy groups -OCH3 is 1. The van der Waals surface area contributed by atoms with E-state index in [9.17, 15) is 4.79 Å². The fourth-order valence-corrected chi connectivity index (χ4v) is 3.07. The van der Waals surface area contributed by atoms with Gasteiger partial charge >= 0.3 is 0 Å². The van der Waals surface area contributed by atoms with Gasteiger partial charge in [0.1, 0.15) is 16.4 Å². The fraction of sp³-hybridized carbons (Fsp3) is 0.111. The number of ether oxygens (including phenoxy) is 1. The fourth-order valence-electron chi connectivity index (χ4n) is 2.20. The number of aromatic nitrogens is 1. The zero-order chi connectivity index (χ0) is 17.1. The highest BCUT2D eigenvalue weighted by Gasteiger charge is 2.18. The van der Waals surface area contributed by atoms with Crippen molar-refractivity contribution in [3.05, 3.63) is 64.5 Å². The maximum Gasteiger partial charge on any atom is 0.206 e. The van der Waals surface area contributed by atoms with Crippen molar-refractivity contribution in [1.29, 1.82) is 0 Å². The van der Waals surface area contributed by atoms with Gasteiger partial charge in [0.15, 0.2) is 5.13 Å². The van der Waals surface area contributed by atoms with E-state index in [-0.39, 0.29) is 11.6 Å². The van der Waals surface area contributed by atoms with E-state index in [2.05, 4.69) is 10.3 Å². The third-order valence-electron chi connectivity index (χ3n) is 3.49. The highest BCUT2D eigenvalue weighted by Crippen LogP contribution is 2.30. The lowest BCUT2D eigenvalue weighted by Gasteiger charge is -2.03. The highest BCUT2D eigenvalue weighted by molar-refractivity contribution is 7.18. The predicted molar refractivity (Wildman–Crippen MR) is 97.4 cm³/mol. The van der Waals surface area contributed by atoms with Crippen LogP contribution in [0.15, 0.2) is 48.5 Å². The van der Waals surface area contributed by atoms with Crippen LogP contribution in [-0.4, -0.2) is 17.9 Å². The number of carbonyl (C=O) groups excluding carboxylic acids is 1. The number of nitrogens with zero attached hydrogens (tertiary/aromatic N) is 1. The van der Waals surface area contributed by atoms with Crippen LogP contribution in [0.4, 0.5) is 16.6 Å². The van der Waals surface area contributed by atoms with Gasteiger partial charge in [-0.15, -0.1) is 0 Å². The number of ketones is 1. The third-order valence-corrected chi connectivity index (χ3v) is 4.48. The summed E-state index contributed by atoms with van der Waals surface area (Å²) < 4.78 is 5.16. The maximum absolute atomic E-state index is 12.7. The summed E-state index contributed by atoms with van der Waals surface area (Å²) >= 11 is 1.24. The summed E-state index contributed by atoms with van der Waals surface area (Å²) in [6, 6.07) is 14.9. The summed E-state index contributed by atoms with van der Waals surface area (Å²) in [5.74, 6) is 0.685. The quantitative estimate of drug-likeness (QED) is 0.687. The Morgan fingerprint density at radius 3 is 2.67 bits per heavy atom. The van der Waals surface area contributed by atoms with Gasteiger partial charge in [-0.3, -0.25) is 4.79 Å². The van der Waals surface area contributed by atoms with Gasteiger partial charge in [-0.05, 0) is 31.2 Å². The number of anilines is 3. The first-order chi connectivity index (χ1) is 11.6. The molecule has 3 rings (SSSR count). The molecule has 0 fully saturated rings. The molecule has 122 valence electrons. The molecule has 3 N–H and O–H groups in total. The summed E-state index contributed by atoms with van der Waals surface area (Å²) in [4.78, 5) is 17.3. The van der Waals surface area contributed by atoms with Crippen LogP contribution >= 0.6 is 11.3 Å². The van der Waals surface area contributed by atoms with Gasteiger partial charge in [-0.25, -0.2) is 4.98 Å². The molecular weight excluding hydrogens is 322 g/mol. The molecule has 0 saturated heterocycles. The van der Waals surface area contributed by atoms with Crippen LogP contribution in [0.2, 0.25) is 0 Å². The highest BCUT2D eigenvalue weighted by atomic mass is 32.1. The van der Waals surface area contributed by atoms with Gasteiger partial charge in [0, 0.05) is 11.3 Å². The van der Waals surface area contributed by atoms with Crippen LogP contribution in [0.3, 0.4) is 0 Å². The molecule has 0 aliphatic heterocycles. The average Bonchev–Trinajstić information content (AvgIpc) is 2.96. The first-order valence-corrected chi connectivity index (χ1v) is 8.17. The van der Waals surface area contributed by atoms with Gasteiger partial charge in [0.25, 0.3) is 0 Å². The zero-order valence-electron chi connectivity index (χ0n) is 13.4. The molecule has 6 heteroatoms. The normalized spacial score (nSPS) is 10.4. The minimum atomic E-state index is -0.166. The van der Waals surface area contributed by atoms with Crippen molar-refractivity contribution in [3.8, 4) is 5.75 Å². The molecule has 0 atom stereocenters. The Balaban J connectivity index is 1.85. The van der Waals surface area contributed by atoms with E-state index in [1.807, 2.05) is 31.2 Å². The summed E-state index contributed by atoms with van der Waals surface area (Å²) in [6.07, 6.45) is 0. The Kier molecular flexibility index (Phi) is 4.48. The lowest BCUT2D eigenvalue weighted by atomic mass is 10.1. The van der Waals surface area contributed by atoms with Crippen molar-refractivity contribution >= 4 is 33.8 Å². The van der Waals surface area contributed by atoms with E-state index in [0.29, 0.717) is 21.3 Å². The van der Waals surface area contributed by atoms with Crippen LogP contribution in [0.5, 0.6) is 5.75 Å². The third kappa shape index (κ3) is 3.38. The van der Waals surface area contributed by atoms with E-state index in [1.54, 1.807) is 31.4 Å². The van der Waals surface area contributed by atoms with E-state index in [1.165, 1.54) is 16.9 Å². The zero-order valence-corrected chi connectivity index (χ0v) is 14.2. The van der Waals surface area contributed by atoms with Gasteiger partial charge < -0.3 is 15.8 Å². The van der Waals surface area contributed by atoms with Gasteiger partial charge in [0.2, 0.25) is 5.78 Å². The monoisotopic (exact) mass is 339 g/mol. The van der Waals surface area contributed by atoms with Crippen molar-refractivity contribution in [2.75, 3.05) is 18.2 Å². The number of aryl methyl sites for hydroxylation is 1. The molecule has 2 aromatic carbocycles. The minimum absolute atomic E-state index is 0.166. The summed E-state index contributed by atoms with van der Waals surface area (Å²) in [5.41, 5.74) is 8.53. The van der Waals surface area contributed by atoms with Crippen molar-refractivity contribution in [2.24, 2.45) is 0 Å². The number of nitrogens with one attached hydrogen (secondary N) is 1. The molecule has 24 heavy (non-hydrogen) atoms. The van der Waals surface area contributed by atoms with E-state index < -0.39 is 0 Å². The van der Waals surface area contributed by atoms with Gasteiger partial charge in [-0.1, -0.05) is 41.2 Å². The van der Waals surface area contributed by atoms with Crippen LogP contribution in [0, 0.1) is 6.92 Å². The van der Waals surface area contributed by atoms with Crippen molar-refractivity contribution in [1.82, 2.24) is 4.98 Å². The van der Waals surface area contributed by atoms with Crippen molar-refractivity contribution in [3.63, 3.8) is 0 Å². The molecule has 3 aromatic rings. The van der Waals surface area contributed by atoms with Crippen LogP contribution in [-0.2, 0) is 0 Å². The second kappa shape index (κ2) is 6.72. The Morgan fingerprint density at radius 1 is 1.21 bits per heavy atom. The maximum atomic E-state index is 12.7. The predicted octanol–water partition coefficient (Wildman–Crippen LogP) is 4.02. The lowest BCUT2D eigenvalue weighted by Crippen LogP contribution is -2.02. The molecule has 0 bridgehead atoms. The molecule has 1 aromatic heterocycles. The van der Waals surface area contributed by atoms with Crippen LogP contribution < -0.4 is 15.8 Å². The Morgan fingerprint density at radius 2 is 1.96 bits per heavy atom. The standard InChI is InChI=1S/C18H17N3O2S/c1-11-6-8-13(9-7-11)20-18-21-17(19)16(24-18)15(22)12-4-3-5-14(10-12)23-2/h3-10H,19H2,1-2H3,(H,20,21). The number of thiazole rings is 1. The molecule has 1 heterocycles. The second-order valence-corrected chi connectivity index (χ2v) is 6.28. The molecule has 0 aliphatic carbocycles. The number of nitrogen functional groups attached to an aromatic ring is 1. The number of rotatable bonds is 5. The second-order valence-electron chi connectivity index (χ2n) is 5.29. The molecule has 5 nitrogen and oxygen atoms in total. The van der Waals surface area contributed by atoms with Gasteiger partial charge in [-0.2, -0.15) is 0 Å². The lowest BCUT2D eigenvalue weighted by molar-refractivity contribution is 0.104. The largest absolute Gasteiger partial charge is 0.497 e. The number of hydrogen-bond donors (Lipinski definition) is 2. The SMILES string of the molecule is COc1cccc(C(=O)c2sc(Nc3ccc(C)cc3)nc2N)c1. The number of benzene rings is 2. The smallest absolute Gasteiger partial charge is 0.206 e. The minimum Gasteiger partial charge on any atom is -0.497 e. The Labute approximate surface area is 144 Å². The van der Waals surface area contributed by atoms with Crippen molar-refractivity contribution in [2.45, 2.75) is 6.92 Å². The van der Waals surface area contributed by atoms with Crippen LogP contribution in [0.1, 0.15) is 20.8 Å². The molecule has 0 radical (unpaired) electrons. The molecule has 0 unspecified atom stereocenters. The molecular formula is C18H17N3O2S. The van der Waals surface area contributed by atoms with Crippen LogP contribution in [0.25, 0.3) is 0 Å². The average molecular weight is 339 g/mol.